The number of nitrogens with one attached hydrogen (secondary N) is 2. The Balaban J connectivity index is 2.10. The number of carbonyl (C=O) groups is 2. The van der Waals surface area contributed by atoms with Gasteiger partial charge in [0.05, 0.1) is 12.5 Å². The number of benzene rings is 1. The summed E-state index contributed by atoms with van der Waals surface area (Å²) in [6, 6.07) is 7.59. The molecule has 6 heteroatoms. The molecular formula is C16H22BrN3O2. The van der Waals surface area contributed by atoms with Gasteiger partial charge in [0.2, 0.25) is 11.8 Å². The maximum absolute atomic E-state index is 12.6. The van der Waals surface area contributed by atoms with Crippen LogP contribution in [0.25, 0.3) is 0 Å². The molecule has 1 fully saturated rings. The Morgan fingerprint density at radius 1 is 1.41 bits per heavy atom. The fourth-order valence-corrected chi connectivity index (χ4v) is 2.96. The Morgan fingerprint density at radius 2 is 2.09 bits per heavy atom. The molecule has 0 spiro atoms. The number of carbonyl (C=O) groups excluding carboxylic acids is 2. The Labute approximate surface area is 139 Å². The molecular weight excluding hydrogens is 346 g/mol. The van der Waals surface area contributed by atoms with Gasteiger partial charge < -0.3 is 15.5 Å². The van der Waals surface area contributed by atoms with Gasteiger partial charge in [-0.25, -0.2) is 0 Å². The second kappa shape index (κ2) is 7.74. The van der Waals surface area contributed by atoms with E-state index >= 15 is 0 Å². The molecule has 2 atom stereocenters. The van der Waals surface area contributed by atoms with E-state index in [4.69, 9.17) is 0 Å². The highest BCUT2D eigenvalue weighted by Crippen LogP contribution is 2.21. The van der Waals surface area contributed by atoms with Crippen LogP contribution in [0.4, 0.5) is 0 Å². The fraction of sp³-hybridized carbons (Fsp3) is 0.500. The van der Waals surface area contributed by atoms with Crippen LogP contribution in [0.2, 0.25) is 0 Å². The summed E-state index contributed by atoms with van der Waals surface area (Å²) < 4.78 is 0.972. The van der Waals surface area contributed by atoms with Gasteiger partial charge in [-0.2, -0.15) is 0 Å². The largest absolute Gasteiger partial charge is 0.349 e. The summed E-state index contributed by atoms with van der Waals surface area (Å²) in [4.78, 5) is 25.9. The number of hydrogen-bond acceptors (Lipinski definition) is 3. The van der Waals surface area contributed by atoms with Gasteiger partial charge >= 0.3 is 0 Å². The highest BCUT2D eigenvalue weighted by molar-refractivity contribution is 9.10. The zero-order chi connectivity index (χ0) is 16.1. The lowest BCUT2D eigenvalue weighted by molar-refractivity contribution is -0.134. The third kappa shape index (κ3) is 4.55. The van der Waals surface area contributed by atoms with Crippen LogP contribution >= 0.6 is 15.9 Å². The van der Waals surface area contributed by atoms with Crippen LogP contribution in [0.15, 0.2) is 28.7 Å². The Bertz CT molecular complexity index is 533. The van der Waals surface area contributed by atoms with Crippen LogP contribution in [-0.4, -0.2) is 42.4 Å². The first-order valence-electron chi connectivity index (χ1n) is 7.50. The average Bonchev–Trinajstić information content (AvgIpc) is 2.47. The third-order valence-corrected chi connectivity index (χ3v) is 4.38. The van der Waals surface area contributed by atoms with Crippen LogP contribution < -0.4 is 10.6 Å². The number of nitrogens with zero attached hydrogens (tertiary/aromatic N) is 1. The van der Waals surface area contributed by atoms with Crippen molar-refractivity contribution in [3.63, 3.8) is 0 Å². The highest BCUT2D eigenvalue weighted by Gasteiger charge is 2.26. The van der Waals surface area contributed by atoms with Crippen molar-refractivity contribution in [3.05, 3.63) is 34.3 Å². The summed E-state index contributed by atoms with van der Waals surface area (Å²) in [7, 11) is 0. The Morgan fingerprint density at radius 3 is 2.68 bits per heavy atom. The molecule has 2 rings (SSSR count). The number of piperazine rings is 1. The summed E-state index contributed by atoms with van der Waals surface area (Å²) in [6.07, 6.45) is 0.283. The van der Waals surface area contributed by atoms with E-state index in [1.807, 2.05) is 36.1 Å². The minimum atomic E-state index is -0.291. The molecule has 1 heterocycles. The molecule has 1 saturated heterocycles. The standard InChI is InChI=1S/C16H22BrN3O2/c1-11-10-18-7-8-20(11)16(22)9-15(19-12(2)21)13-3-5-14(17)6-4-13/h3-6,11,15,18H,7-10H2,1-2H3,(H,19,21)/t11-,15?/m0/s1. The van der Waals surface area contributed by atoms with E-state index < -0.39 is 0 Å². The first kappa shape index (κ1) is 17.0. The summed E-state index contributed by atoms with van der Waals surface area (Å²) in [5.41, 5.74) is 0.939. The van der Waals surface area contributed by atoms with Gasteiger partial charge in [-0.05, 0) is 24.6 Å². The lowest BCUT2D eigenvalue weighted by Crippen LogP contribution is -2.52. The number of amides is 2. The van der Waals surface area contributed by atoms with Gasteiger partial charge in [0.1, 0.15) is 0 Å². The predicted octanol–water partition coefficient (Wildman–Crippen LogP) is 1.84. The van der Waals surface area contributed by atoms with Gasteiger partial charge in [0, 0.05) is 37.1 Å². The van der Waals surface area contributed by atoms with E-state index in [0.29, 0.717) is 6.54 Å². The summed E-state index contributed by atoms with van der Waals surface area (Å²) in [5.74, 6) is -0.0512. The van der Waals surface area contributed by atoms with Gasteiger partial charge in [0.25, 0.3) is 0 Å². The van der Waals surface area contributed by atoms with E-state index in [0.717, 1.165) is 23.1 Å². The molecule has 0 saturated carbocycles. The lowest BCUT2D eigenvalue weighted by Gasteiger charge is -2.35. The molecule has 22 heavy (non-hydrogen) atoms. The minimum Gasteiger partial charge on any atom is -0.349 e. The molecule has 0 bridgehead atoms. The molecule has 0 aromatic heterocycles. The lowest BCUT2D eigenvalue weighted by atomic mass is 10.0. The molecule has 1 aromatic carbocycles. The second-order valence-corrected chi connectivity index (χ2v) is 6.56. The predicted molar refractivity (Wildman–Crippen MR) is 89.4 cm³/mol. The molecule has 1 aliphatic rings. The topological polar surface area (TPSA) is 61.4 Å². The van der Waals surface area contributed by atoms with E-state index in [1.165, 1.54) is 6.92 Å². The van der Waals surface area contributed by atoms with E-state index in [-0.39, 0.29) is 30.3 Å². The van der Waals surface area contributed by atoms with Crippen molar-refractivity contribution in [1.29, 1.82) is 0 Å². The summed E-state index contributed by atoms with van der Waals surface area (Å²) >= 11 is 3.40. The SMILES string of the molecule is CC(=O)NC(CC(=O)N1CCNC[C@@H]1C)c1ccc(Br)cc1. The number of rotatable bonds is 4. The second-order valence-electron chi connectivity index (χ2n) is 5.65. The maximum Gasteiger partial charge on any atom is 0.225 e. The Hall–Kier alpha value is -1.40. The van der Waals surface area contributed by atoms with Gasteiger partial charge in [-0.1, -0.05) is 28.1 Å². The first-order valence-corrected chi connectivity index (χ1v) is 8.29. The van der Waals surface area contributed by atoms with Gasteiger partial charge in [-0.15, -0.1) is 0 Å². The van der Waals surface area contributed by atoms with Crippen molar-refractivity contribution in [2.75, 3.05) is 19.6 Å². The van der Waals surface area contributed by atoms with Crippen molar-refractivity contribution in [1.82, 2.24) is 15.5 Å². The van der Waals surface area contributed by atoms with Crippen molar-refractivity contribution in [2.45, 2.75) is 32.4 Å². The summed E-state index contributed by atoms with van der Waals surface area (Å²) in [5, 5.41) is 6.16. The van der Waals surface area contributed by atoms with Crippen molar-refractivity contribution in [2.24, 2.45) is 0 Å². The van der Waals surface area contributed by atoms with Crippen molar-refractivity contribution in [3.8, 4) is 0 Å². The normalized spacial score (nSPS) is 19.6. The van der Waals surface area contributed by atoms with Gasteiger partial charge in [0.15, 0.2) is 0 Å². The minimum absolute atomic E-state index is 0.0793. The number of hydrogen-bond donors (Lipinski definition) is 2. The van der Waals surface area contributed by atoms with E-state index in [2.05, 4.69) is 26.6 Å². The van der Waals surface area contributed by atoms with Crippen LogP contribution in [0, 0.1) is 0 Å². The Kier molecular flexibility index (Phi) is 5.97. The quantitative estimate of drug-likeness (QED) is 0.853. The zero-order valence-electron chi connectivity index (χ0n) is 12.9. The van der Waals surface area contributed by atoms with Crippen LogP contribution in [0.3, 0.4) is 0 Å². The van der Waals surface area contributed by atoms with Crippen molar-refractivity contribution < 1.29 is 9.59 Å². The fourth-order valence-electron chi connectivity index (χ4n) is 2.70. The molecule has 1 unspecified atom stereocenters. The average molecular weight is 368 g/mol. The molecule has 5 nitrogen and oxygen atoms in total. The van der Waals surface area contributed by atoms with Crippen LogP contribution in [-0.2, 0) is 9.59 Å². The molecule has 2 amide bonds. The van der Waals surface area contributed by atoms with Gasteiger partial charge in [-0.3, -0.25) is 9.59 Å². The maximum atomic E-state index is 12.6. The third-order valence-electron chi connectivity index (χ3n) is 3.85. The number of halogens is 1. The highest BCUT2D eigenvalue weighted by atomic mass is 79.9. The zero-order valence-corrected chi connectivity index (χ0v) is 14.5. The van der Waals surface area contributed by atoms with Crippen LogP contribution in [0.5, 0.6) is 0 Å². The first-order chi connectivity index (χ1) is 10.5. The monoisotopic (exact) mass is 367 g/mol. The van der Waals surface area contributed by atoms with E-state index in [1.54, 1.807) is 0 Å². The molecule has 1 aromatic rings. The van der Waals surface area contributed by atoms with Crippen molar-refractivity contribution >= 4 is 27.7 Å². The summed E-state index contributed by atoms with van der Waals surface area (Å²) in [6.45, 7) is 5.86. The molecule has 0 radical (unpaired) electrons. The molecule has 1 aliphatic heterocycles. The molecule has 2 N–H and O–H groups in total. The molecule has 0 aliphatic carbocycles. The molecule has 120 valence electrons. The smallest absolute Gasteiger partial charge is 0.225 e. The van der Waals surface area contributed by atoms with Crippen LogP contribution in [0.1, 0.15) is 31.9 Å². The van der Waals surface area contributed by atoms with E-state index in [9.17, 15) is 9.59 Å².